The predicted octanol–water partition coefficient (Wildman–Crippen LogP) is 3.62. The molecule has 5 nitrogen and oxygen atoms in total. The lowest BCUT2D eigenvalue weighted by Gasteiger charge is -2.18. The average Bonchev–Trinajstić information content (AvgIpc) is 2.67. The third kappa shape index (κ3) is 4.99. The Morgan fingerprint density at radius 2 is 1.67 bits per heavy atom. The molecule has 2 amide bonds. The molecular weight excluding hydrogens is 264 g/mol. The Morgan fingerprint density at radius 3 is 2.19 bits per heavy atom. The number of hydrogen-bond acceptors (Lipinski definition) is 3. The maximum atomic E-state index is 12.0. The SMILES string of the molecule is CC(C)(C)c1ncc(NC(=O)NC2CCCCCC2)cn1. The molecule has 1 heterocycles. The summed E-state index contributed by atoms with van der Waals surface area (Å²) in [6.07, 6.45) is 10.5. The van der Waals surface area contributed by atoms with E-state index < -0.39 is 0 Å². The van der Waals surface area contributed by atoms with Crippen molar-refractivity contribution in [2.24, 2.45) is 0 Å². The van der Waals surface area contributed by atoms with Crippen molar-refractivity contribution in [3.63, 3.8) is 0 Å². The van der Waals surface area contributed by atoms with Crippen LogP contribution in [0.1, 0.15) is 65.1 Å². The third-order valence-corrected chi connectivity index (χ3v) is 3.77. The summed E-state index contributed by atoms with van der Waals surface area (Å²) in [7, 11) is 0. The summed E-state index contributed by atoms with van der Waals surface area (Å²) in [5.41, 5.74) is 0.551. The zero-order valence-electron chi connectivity index (χ0n) is 13.3. The van der Waals surface area contributed by atoms with Gasteiger partial charge in [0.1, 0.15) is 5.82 Å². The highest BCUT2D eigenvalue weighted by Crippen LogP contribution is 2.19. The molecule has 1 aromatic heterocycles. The first-order valence-electron chi connectivity index (χ1n) is 7.85. The molecule has 0 spiro atoms. The first-order chi connectivity index (χ1) is 9.95. The monoisotopic (exact) mass is 290 g/mol. The second-order valence-corrected chi connectivity index (χ2v) is 6.83. The minimum atomic E-state index is -0.158. The molecule has 0 bridgehead atoms. The molecule has 0 aromatic carbocycles. The predicted molar refractivity (Wildman–Crippen MR) is 84.4 cm³/mol. The third-order valence-electron chi connectivity index (χ3n) is 3.77. The molecular formula is C16H26N4O. The van der Waals surface area contributed by atoms with E-state index in [1.807, 2.05) is 0 Å². The number of hydrogen-bond donors (Lipinski definition) is 2. The molecule has 116 valence electrons. The van der Waals surface area contributed by atoms with Crippen LogP contribution in [0.15, 0.2) is 12.4 Å². The second-order valence-electron chi connectivity index (χ2n) is 6.83. The fourth-order valence-corrected chi connectivity index (χ4v) is 2.56. The molecule has 21 heavy (non-hydrogen) atoms. The van der Waals surface area contributed by atoms with Gasteiger partial charge in [-0.2, -0.15) is 0 Å². The van der Waals surface area contributed by atoms with Gasteiger partial charge in [0, 0.05) is 11.5 Å². The van der Waals surface area contributed by atoms with E-state index >= 15 is 0 Å². The van der Waals surface area contributed by atoms with Crippen molar-refractivity contribution in [3.8, 4) is 0 Å². The molecule has 2 rings (SSSR count). The van der Waals surface area contributed by atoms with Gasteiger partial charge in [0.2, 0.25) is 0 Å². The van der Waals surface area contributed by atoms with Crippen LogP contribution >= 0.6 is 0 Å². The standard InChI is InChI=1S/C16H26N4O/c1-16(2,3)14-17-10-13(11-18-14)20-15(21)19-12-8-6-4-5-7-9-12/h10-12H,4-9H2,1-3H3,(H2,19,20,21). The highest BCUT2D eigenvalue weighted by Gasteiger charge is 2.17. The van der Waals surface area contributed by atoms with E-state index in [1.165, 1.54) is 25.7 Å². The van der Waals surface area contributed by atoms with E-state index in [9.17, 15) is 4.79 Å². The number of nitrogens with zero attached hydrogens (tertiary/aromatic N) is 2. The molecule has 0 atom stereocenters. The van der Waals surface area contributed by atoms with E-state index in [-0.39, 0.29) is 11.4 Å². The molecule has 0 unspecified atom stereocenters. The smallest absolute Gasteiger partial charge is 0.319 e. The van der Waals surface area contributed by atoms with Crippen LogP contribution in [0, 0.1) is 0 Å². The molecule has 0 radical (unpaired) electrons. The van der Waals surface area contributed by atoms with E-state index in [0.29, 0.717) is 11.7 Å². The molecule has 0 saturated heterocycles. The van der Waals surface area contributed by atoms with Crippen LogP contribution in [0.5, 0.6) is 0 Å². The zero-order valence-corrected chi connectivity index (χ0v) is 13.3. The average molecular weight is 290 g/mol. The number of aromatic nitrogens is 2. The number of nitrogens with one attached hydrogen (secondary N) is 2. The lowest BCUT2D eigenvalue weighted by molar-refractivity contribution is 0.247. The maximum Gasteiger partial charge on any atom is 0.319 e. The minimum absolute atomic E-state index is 0.0822. The van der Waals surface area contributed by atoms with Gasteiger partial charge in [0.05, 0.1) is 18.1 Å². The second kappa shape index (κ2) is 6.87. The van der Waals surface area contributed by atoms with Crippen molar-refractivity contribution >= 4 is 11.7 Å². The van der Waals surface area contributed by atoms with Gasteiger partial charge in [-0.3, -0.25) is 0 Å². The summed E-state index contributed by atoms with van der Waals surface area (Å²) in [4.78, 5) is 20.6. The quantitative estimate of drug-likeness (QED) is 0.817. The largest absolute Gasteiger partial charge is 0.335 e. The highest BCUT2D eigenvalue weighted by molar-refractivity contribution is 5.89. The topological polar surface area (TPSA) is 66.9 Å². The summed E-state index contributed by atoms with van der Waals surface area (Å²) in [5, 5.41) is 5.86. The van der Waals surface area contributed by atoms with Crippen LogP contribution in [0.2, 0.25) is 0 Å². The van der Waals surface area contributed by atoms with Gasteiger partial charge in [-0.15, -0.1) is 0 Å². The van der Waals surface area contributed by atoms with Gasteiger partial charge < -0.3 is 10.6 Å². The van der Waals surface area contributed by atoms with E-state index in [2.05, 4.69) is 41.4 Å². The van der Waals surface area contributed by atoms with Crippen LogP contribution in [0.25, 0.3) is 0 Å². The molecule has 2 N–H and O–H groups in total. The Labute approximate surface area is 127 Å². The molecule has 5 heteroatoms. The number of urea groups is 1. The van der Waals surface area contributed by atoms with Gasteiger partial charge in [0.15, 0.2) is 0 Å². The molecule has 0 aliphatic heterocycles. The van der Waals surface area contributed by atoms with Crippen LogP contribution in [0.3, 0.4) is 0 Å². The van der Waals surface area contributed by atoms with Crippen LogP contribution in [-0.2, 0) is 5.41 Å². The van der Waals surface area contributed by atoms with Gasteiger partial charge in [-0.25, -0.2) is 14.8 Å². The highest BCUT2D eigenvalue weighted by atomic mass is 16.2. The summed E-state index contributed by atoms with van der Waals surface area (Å²) in [6, 6.07) is 0.135. The molecule has 1 aliphatic carbocycles. The van der Waals surface area contributed by atoms with Crippen molar-refractivity contribution in [1.29, 1.82) is 0 Å². The lowest BCUT2D eigenvalue weighted by atomic mass is 9.96. The Balaban J connectivity index is 1.87. The molecule has 1 aromatic rings. The fourth-order valence-electron chi connectivity index (χ4n) is 2.56. The van der Waals surface area contributed by atoms with Gasteiger partial charge >= 0.3 is 6.03 Å². The van der Waals surface area contributed by atoms with Crippen molar-refractivity contribution in [3.05, 3.63) is 18.2 Å². The van der Waals surface area contributed by atoms with Crippen LogP contribution in [-0.4, -0.2) is 22.0 Å². The van der Waals surface area contributed by atoms with Crippen molar-refractivity contribution in [2.75, 3.05) is 5.32 Å². The lowest BCUT2D eigenvalue weighted by Crippen LogP contribution is -2.37. The van der Waals surface area contributed by atoms with E-state index in [1.54, 1.807) is 12.4 Å². The summed E-state index contributed by atoms with van der Waals surface area (Å²) in [5.74, 6) is 0.775. The van der Waals surface area contributed by atoms with Crippen molar-refractivity contribution in [2.45, 2.75) is 70.8 Å². The van der Waals surface area contributed by atoms with Crippen molar-refractivity contribution in [1.82, 2.24) is 15.3 Å². The van der Waals surface area contributed by atoms with E-state index in [0.717, 1.165) is 18.7 Å². The Bertz CT molecular complexity index is 456. The molecule has 1 aliphatic rings. The molecule has 1 fully saturated rings. The first kappa shape index (κ1) is 15.7. The summed E-state index contributed by atoms with van der Waals surface area (Å²) >= 11 is 0. The van der Waals surface area contributed by atoms with Crippen molar-refractivity contribution < 1.29 is 4.79 Å². The number of rotatable bonds is 2. The maximum absolute atomic E-state index is 12.0. The minimum Gasteiger partial charge on any atom is -0.335 e. The Kier molecular flexibility index (Phi) is 5.15. The Morgan fingerprint density at radius 1 is 1.10 bits per heavy atom. The first-order valence-corrected chi connectivity index (χ1v) is 7.85. The molecule has 1 saturated carbocycles. The number of carbonyl (C=O) groups is 1. The summed E-state index contributed by atoms with van der Waals surface area (Å²) < 4.78 is 0. The van der Waals surface area contributed by atoms with Gasteiger partial charge in [-0.05, 0) is 12.8 Å². The zero-order chi connectivity index (χ0) is 15.3. The van der Waals surface area contributed by atoms with Crippen LogP contribution in [0.4, 0.5) is 10.5 Å². The normalized spacial score (nSPS) is 17.1. The number of carbonyl (C=O) groups excluding carboxylic acids is 1. The van der Waals surface area contributed by atoms with Crippen LogP contribution < -0.4 is 10.6 Å². The number of anilines is 1. The van der Waals surface area contributed by atoms with E-state index in [4.69, 9.17) is 0 Å². The van der Waals surface area contributed by atoms with Gasteiger partial charge in [-0.1, -0.05) is 46.5 Å². The number of amides is 2. The Hall–Kier alpha value is -1.65. The fraction of sp³-hybridized carbons (Fsp3) is 0.688. The summed E-state index contributed by atoms with van der Waals surface area (Å²) in [6.45, 7) is 6.19. The van der Waals surface area contributed by atoms with Gasteiger partial charge in [0.25, 0.3) is 0 Å².